The largest absolute Gasteiger partial charge is 0.478 e. The first-order chi connectivity index (χ1) is 10.8. The molecule has 0 bridgehead atoms. The van der Waals surface area contributed by atoms with Crippen LogP contribution < -0.4 is 5.32 Å². The summed E-state index contributed by atoms with van der Waals surface area (Å²) in [5.74, 6) is -2.57. The van der Waals surface area contributed by atoms with Gasteiger partial charge in [-0.25, -0.2) is 4.79 Å². The van der Waals surface area contributed by atoms with Crippen LogP contribution in [0.1, 0.15) is 19.3 Å². The molecular weight excluding hydrogens is 310 g/mol. The van der Waals surface area contributed by atoms with Crippen molar-refractivity contribution in [2.24, 2.45) is 5.92 Å². The zero-order valence-corrected chi connectivity index (χ0v) is 12.3. The van der Waals surface area contributed by atoms with Gasteiger partial charge >= 0.3 is 5.97 Å². The molecule has 0 spiro atoms. The minimum absolute atomic E-state index is 0.187. The average molecular weight is 331 g/mol. The molecule has 6 N–H and O–H groups in total. The number of ether oxygens (including phenoxy) is 1. The predicted octanol–water partition coefficient (Wildman–Crippen LogP) is -2.29. The van der Waals surface area contributed by atoms with Crippen LogP contribution in [0.2, 0.25) is 0 Å². The van der Waals surface area contributed by atoms with Gasteiger partial charge in [0.15, 0.2) is 6.10 Å². The Morgan fingerprint density at radius 1 is 1.35 bits per heavy atom. The summed E-state index contributed by atoms with van der Waals surface area (Å²) in [7, 11) is 0. The highest BCUT2D eigenvalue weighted by Crippen LogP contribution is 2.28. The number of carbonyl (C=O) groups excluding carboxylic acids is 1. The number of carboxylic acid groups (broad SMARTS) is 1. The van der Waals surface area contributed by atoms with Crippen LogP contribution in [0.5, 0.6) is 0 Å². The number of aliphatic hydroxyl groups excluding tert-OH is 4. The Labute approximate surface area is 132 Å². The van der Waals surface area contributed by atoms with Crippen LogP contribution in [0, 0.1) is 5.92 Å². The summed E-state index contributed by atoms with van der Waals surface area (Å²) in [6, 6.07) is -1.14. The number of amides is 1. The molecule has 9 nitrogen and oxygen atoms in total. The molecule has 9 heteroatoms. The van der Waals surface area contributed by atoms with E-state index in [-0.39, 0.29) is 11.8 Å². The molecule has 23 heavy (non-hydrogen) atoms. The molecule has 0 aromatic carbocycles. The van der Waals surface area contributed by atoms with Gasteiger partial charge in [-0.15, -0.1) is 0 Å². The highest BCUT2D eigenvalue weighted by Gasteiger charge is 2.44. The molecule has 1 amide bonds. The van der Waals surface area contributed by atoms with E-state index in [0.29, 0.717) is 0 Å². The summed E-state index contributed by atoms with van der Waals surface area (Å²) in [5, 5.41) is 50.1. The molecule has 1 heterocycles. The number of nitrogens with one attached hydrogen (secondary N) is 1. The van der Waals surface area contributed by atoms with Crippen molar-refractivity contribution in [3.8, 4) is 0 Å². The third kappa shape index (κ3) is 3.81. The molecular formula is C14H21NO8. The summed E-state index contributed by atoms with van der Waals surface area (Å²) in [5.41, 5.74) is 0. The number of carbonyl (C=O) groups is 2. The van der Waals surface area contributed by atoms with E-state index in [1.807, 2.05) is 0 Å². The van der Waals surface area contributed by atoms with Crippen molar-refractivity contribution in [1.82, 2.24) is 5.32 Å². The first kappa shape index (κ1) is 17.7. The van der Waals surface area contributed by atoms with E-state index in [1.165, 1.54) is 0 Å². The molecule has 0 aromatic rings. The van der Waals surface area contributed by atoms with Gasteiger partial charge in [0.2, 0.25) is 11.7 Å². The third-order valence-corrected chi connectivity index (χ3v) is 4.22. The lowest BCUT2D eigenvalue weighted by atomic mass is 9.84. The van der Waals surface area contributed by atoms with Crippen LogP contribution in [0.15, 0.2) is 11.8 Å². The molecule has 2 rings (SSSR count). The van der Waals surface area contributed by atoms with Gasteiger partial charge in [0.25, 0.3) is 0 Å². The topological polar surface area (TPSA) is 157 Å². The van der Waals surface area contributed by atoms with E-state index in [1.54, 1.807) is 0 Å². The van der Waals surface area contributed by atoms with E-state index in [9.17, 15) is 24.9 Å². The highest BCUT2D eigenvalue weighted by molar-refractivity contribution is 5.85. The van der Waals surface area contributed by atoms with Crippen molar-refractivity contribution in [1.29, 1.82) is 0 Å². The summed E-state index contributed by atoms with van der Waals surface area (Å²) >= 11 is 0. The van der Waals surface area contributed by atoms with Crippen molar-refractivity contribution in [3.63, 3.8) is 0 Å². The van der Waals surface area contributed by atoms with E-state index in [4.69, 9.17) is 14.9 Å². The van der Waals surface area contributed by atoms with Gasteiger partial charge in [-0.2, -0.15) is 0 Å². The molecule has 1 saturated carbocycles. The normalized spacial score (nSPS) is 30.4. The first-order valence-electron chi connectivity index (χ1n) is 7.42. The van der Waals surface area contributed by atoms with Crippen LogP contribution in [-0.4, -0.2) is 74.5 Å². The second-order valence-corrected chi connectivity index (χ2v) is 5.81. The Kier molecular flexibility index (Phi) is 5.58. The number of carboxylic acids is 1. The zero-order chi connectivity index (χ0) is 17.1. The Morgan fingerprint density at radius 3 is 2.48 bits per heavy atom. The van der Waals surface area contributed by atoms with Gasteiger partial charge < -0.3 is 35.6 Å². The molecule has 0 saturated heterocycles. The van der Waals surface area contributed by atoms with E-state index < -0.39 is 48.8 Å². The molecule has 5 atom stereocenters. The van der Waals surface area contributed by atoms with Crippen LogP contribution in [0.3, 0.4) is 0 Å². The average Bonchev–Trinajstić information content (AvgIpc) is 2.45. The quantitative estimate of drug-likeness (QED) is 0.318. The lowest BCUT2D eigenvalue weighted by molar-refractivity contribution is -0.150. The van der Waals surface area contributed by atoms with Gasteiger partial charge in [0, 0.05) is 5.92 Å². The lowest BCUT2D eigenvalue weighted by Gasteiger charge is -2.39. The summed E-state index contributed by atoms with van der Waals surface area (Å²) in [6.07, 6.45) is -2.83. The Bertz CT molecular complexity index is 489. The lowest BCUT2D eigenvalue weighted by Crippen LogP contribution is -2.61. The molecule has 1 aliphatic carbocycles. The van der Waals surface area contributed by atoms with Gasteiger partial charge in [-0.3, -0.25) is 4.79 Å². The van der Waals surface area contributed by atoms with Crippen molar-refractivity contribution >= 4 is 11.9 Å². The smallest absolute Gasteiger partial charge is 0.370 e. The second kappa shape index (κ2) is 7.26. The maximum absolute atomic E-state index is 12.1. The molecule has 1 aliphatic heterocycles. The predicted molar refractivity (Wildman–Crippen MR) is 75.0 cm³/mol. The van der Waals surface area contributed by atoms with E-state index in [2.05, 4.69) is 5.32 Å². The Morgan fingerprint density at radius 2 is 2.00 bits per heavy atom. The second-order valence-electron chi connectivity index (χ2n) is 5.81. The maximum Gasteiger partial charge on any atom is 0.370 e. The van der Waals surface area contributed by atoms with Crippen molar-refractivity contribution in [3.05, 3.63) is 11.8 Å². The number of rotatable bonds is 6. The zero-order valence-electron chi connectivity index (χ0n) is 12.3. The minimum Gasteiger partial charge on any atom is -0.478 e. The number of hydrogen-bond acceptors (Lipinski definition) is 7. The fourth-order valence-electron chi connectivity index (χ4n) is 2.56. The Hall–Kier alpha value is -1.68. The standard InChI is InChI=1S/C14H21NO8/c16-5-8(18)11(19)12-10(15-13(20)6-2-1-3-6)7(17)4-9(23-12)14(21)22/h4,6-8,10-12,16-19H,1-3,5H2,(H,15,20)(H,21,22)/t7-,8?,10+,11?,12+/m0/s1. The van der Waals surface area contributed by atoms with Crippen LogP contribution >= 0.6 is 0 Å². The summed E-state index contributed by atoms with van der Waals surface area (Å²) in [4.78, 5) is 23.1. The molecule has 0 radical (unpaired) electrons. The number of aliphatic carboxylic acids is 1. The van der Waals surface area contributed by atoms with Crippen LogP contribution in [0.25, 0.3) is 0 Å². The Balaban J connectivity index is 2.19. The van der Waals surface area contributed by atoms with Crippen LogP contribution in [0.4, 0.5) is 0 Å². The summed E-state index contributed by atoms with van der Waals surface area (Å²) in [6.45, 7) is -0.785. The summed E-state index contributed by atoms with van der Waals surface area (Å²) < 4.78 is 5.11. The van der Waals surface area contributed by atoms with Crippen molar-refractivity contribution < 1.29 is 39.9 Å². The first-order valence-corrected chi connectivity index (χ1v) is 7.42. The van der Waals surface area contributed by atoms with E-state index in [0.717, 1.165) is 25.3 Å². The highest BCUT2D eigenvalue weighted by atomic mass is 16.5. The molecule has 2 aliphatic rings. The molecule has 0 aromatic heterocycles. The van der Waals surface area contributed by atoms with E-state index >= 15 is 0 Å². The van der Waals surface area contributed by atoms with Crippen molar-refractivity contribution in [2.75, 3.05) is 6.61 Å². The molecule has 2 unspecified atom stereocenters. The van der Waals surface area contributed by atoms with Gasteiger partial charge in [0.1, 0.15) is 18.3 Å². The molecule has 130 valence electrons. The maximum atomic E-state index is 12.1. The number of aliphatic hydroxyl groups is 4. The molecule has 1 fully saturated rings. The SMILES string of the molecule is O=C(O)C1=C[C@H](O)[C@@H](NC(=O)C2CCC2)[C@H](C(O)C(O)CO)O1. The van der Waals surface area contributed by atoms with Gasteiger partial charge in [0.05, 0.1) is 12.6 Å². The fraction of sp³-hybridized carbons (Fsp3) is 0.714. The van der Waals surface area contributed by atoms with Gasteiger partial charge in [-0.05, 0) is 18.9 Å². The minimum atomic E-state index is -1.69. The third-order valence-electron chi connectivity index (χ3n) is 4.22. The monoisotopic (exact) mass is 331 g/mol. The van der Waals surface area contributed by atoms with Gasteiger partial charge in [-0.1, -0.05) is 6.42 Å². The van der Waals surface area contributed by atoms with Crippen molar-refractivity contribution in [2.45, 2.75) is 49.7 Å². The number of hydrogen-bond donors (Lipinski definition) is 6. The fourth-order valence-corrected chi connectivity index (χ4v) is 2.56. The van der Waals surface area contributed by atoms with Crippen LogP contribution in [-0.2, 0) is 14.3 Å².